The average molecular weight is 361 g/mol. The quantitative estimate of drug-likeness (QED) is 0.798. The Balaban J connectivity index is 1.79. The summed E-state index contributed by atoms with van der Waals surface area (Å²) in [6.07, 6.45) is 3.14. The van der Waals surface area contributed by atoms with Gasteiger partial charge in [0, 0.05) is 10.8 Å². The van der Waals surface area contributed by atoms with Gasteiger partial charge in [-0.2, -0.15) is 0 Å². The summed E-state index contributed by atoms with van der Waals surface area (Å²) in [5.74, 6) is 1.48. The van der Waals surface area contributed by atoms with E-state index < -0.39 is 15.8 Å². The zero-order valence-corrected chi connectivity index (χ0v) is 13.9. The monoisotopic (exact) mass is 361 g/mol. The van der Waals surface area contributed by atoms with Crippen molar-refractivity contribution in [3.63, 3.8) is 0 Å². The first-order chi connectivity index (χ1) is 12.0. The van der Waals surface area contributed by atoms with Gasteiger partial charge in [0.2, 0.25) is 15.5 Å². The number of rotatable bonds is 4. The zero-order chi connectivity index (χ0) is 17.9. The van der Waals surface area contributed by atoms with Crippen LogP contribution < -0.4 is 4.74 Å². The molecule has 0 saturated heterocycles. The van der Waals surface area contributed by atoms with E-state index in [9.17, 15) is 13.2 Å². The van der Waals surface area contributed by atoms with Crippen LogP contribution in [0.4, 0.5) is 0 Å². The van der Waals surface area contributed by atoms with Gasteiger partial charge in [0.15, 0.2) is 0 Å². The van der Waals surface area contributed by atoms with E-state index in [4.69, 9.17) is 9.84 Å². The molecule has 0 unspecified atom stereocenters. The predicted octanol–water partition coefficient (Wildman–Crippen LogP) is 1.96. The lowest BCUT2D eigenvalue weighted by Crippen LogP contribution is -2.14. The fourth-order valence-corrected chi connectivity index (χ4v) is 3.97. The first-order valence-corrected chi connectivity index (χ1v) is 9.19. The van der Waals surface area contributed by atoms with Gasteiger partial charge in [-0.1, -0.05) is 29.2 Å². The second-order valence-electron chi connectivity index (χ2n) is 5.61. The van der Waals surface area contributed by atoms with E-state index in [2.05, 4.69) is 26.6 Å². The Labute approximate surface area is 144 Å². The van der Waals surface area contributed by atoms with Crippen LogP contribution in [0.5, 0.6) is 11.6 Å². The van der Waals surface area contributed by atoms with Gasteiger partial charge in [-0.3, -0.25) is 0 Å². The van der Waals surface area contributed by atoms with Crippen LogP contribution >= 0.6 is 0 Å². The number of carboxylic acids is 1. The minimum absolute atomic E-state index is 0.184. The van der Waals surface area contributed by atoms with E-state index in [1.807, 2.05) is 0 Å². The summed E-state index contributed by atoms with van der Waals surface area (Å²) in [5.41, 5.74) is 0.166. The molecule has 25 heavy (non-hydrogen) atoms. The van der Waals surface area contributed by atoms with E-state index in [-0.39, 0.29) is 22.6 Å². The molecule has 0 atom stereocenters. The molecule has 1 aromatic heterocycles. The molecular weight excluding hydrogens is 346 g/mol. The molecule has 2 N–H and O–H groups in total. The number of carboxylic acid groups (broad SMARTS) is 1. The second-order valence-corrected chi connectivity index (χ2v) is 7.57. The first-order valence-electron chi connectivity index (χ1n) is 7.64. The van der Waals surface area contributed by atoms with E-state index in [1.165, 1.54) is 6.07 Å². The van der Waals surface area contributed by atoms with Crippen LogP contribution in [0.15, 0.2) is 24.3 Å². The van der Waals surface area contributed by atoms with E-state index in [0.29, 0.717) is 18.4 Å². The van der Waals surface area contributed by atoms with Crippen molar-refractivity contribution < 1.29 is 23.1 Å². The number of H-pyrrole nitrogens is 1. The van der Waals surface area contributed by atoms with Crippen molar-refractivity contribution >= 4 is 15.8 Å². The first kappa shape index (κ1) is 17.0. The van der Waals surface area contributed by atoms with E-state index in [0.717, 1.165) is 12.8 Å². The number of hydrogen-bond donors (Lipinski definition) is 2. The zero-order valence-electron chi connectivity index (χ0n) is 13.1. The Kier molecular flexibility index (Phi) is 4.72. The van der Waals surface area contributed by atoms with Crippen LogP contribution in [0.25, 0.3) is 0 Å². The van der Waals surface area contributed by atoms with Crippen molar-refractivity contribution in [2.45, 2.75) is 30.9 Å². The summed E-state index contributed by atoms with van der Waals surface area (Å²) in [5, 5.41) is 20.1. The lowest BCUT2D eigenvalue weighted by Gasteiger charge is -2.04. The molecule has 3 rings (SSSR count). The molecule has 0 spiro atoms. The molecule has 1 fully saturated rings. The fraction of sp³-hybridized carbons (Fsp3) is 0.312. The van der Waals surface area contributed by atoms with E-state index >= 15 is 0 Å². The summed E-state index contributed by atoms with van der Waals surface area (Å²) in [6, 6.07) is 6.36. The molecule has 8 nitrogen and oxygen atoms in total. The van der Waals surface area contributed by atoms with Crippen LogP contribution in [0.3, 0.4) is 0 Å². The average Bonchev–Trinajstić information content (AvgIpc) is 3.25. The van der Waals surface area contributed by atoms with Crippen LogP contribution in [-0.2, 0) is 9.84 Å². The second kappa shape index (κ2) is 6.94. The maximum absolute atomic E-state index is 12.2. The highest BCUT2D eigenvalue weighted by molar-refractivity contribution is 7.96. The number of sulfone groups is 1. The Morgan fingerprint density at radius 3 is 2.80 bits per heavy atom. The normalized spacial score (nSPS) is 14.7. The van der Waals surface area contributed by atoms with Gasteiger partial charge < -0.3 is 9.84 Å². The lowest BCUT2D eigenvalue weighted by atomic mass is 10.2. The lowest BCUT2D eigenvalue weighted by molar-refractivity contribution is 0.0687. The van der Waals surface area contributed by atoms with Gasteiger partial charge in [0.25, 0.3) is 5.88 Å². The Morgan fingerprint density at radius 2 is 2.08 bits per heavy atom. The number of benzene rings is 1. The van der Waals surface area contributed by atoms with E-state index in [1.54, 1.807) is 18.2 Å². The van der Waals surface area contributed by atoms with Gasteiger partial charge >= 0.3 is 5.97 Å². The van der Waals surface area contributed by atoms with Crippen molar-refractivity contribution in [2.24, 2.45) is 0 Å². The highest BCUT2D eigenvalue weighted by Gasteiger charge is 2.27. The highest BCUT2D eigenvalue weighted by Crippen LogP contribution is 2.25. The Morgan fingerprint density at radius 1 is 1.32 bits per heavy atom. The number of aromatic amines is 1. The fourth-order valence-electron chi connectivity index (χ4n) is 2.59. The molecule has 9 heteroatoms. The molecular formula is C16H15N3O5S. The maximum atomic E-state index is 12.2. The highest BCUT2D eigenvalue weighted by atomic mass is 32.2. The largest absolute Gasteiger partial charge is 0.476 e. The third-order valence-corrected chi connectivity index (χ3v) is 5.59. The van der Waals surface area contributed by atoms with Gasteiger partial charge in [-0.05, 0) is 37.0 Å². The minimum atomic E-state index is -3.45. The predicted molar refractivity (Wildman–Crippen MR) is 87.9 cm³/mol. The molecule has 0 aliphatic heterocycles. The van der Waals surface area contributed by atoms with Gasteiger partial charge in [0.05, 0.1) is 5.25 Å². The number of aromatic carboxylic acids is 1. The number of aromatic nitrogens is 3. The van der Waals surface area contributed by atoms with Crippen LogP contribution in [0, 0.1) is 11.2 Å². The van der Waals surface area contributed by atoms with Crippen molar-refractivity contribution in [1.29, 1.82) is 0 Å². The third-order valence-electron chi connectivity index (χ3n) is 3.86. The van der Waals surface area contributed by atoms with Crippen molar-refractivity contribution in [1.82, 2.24) is 15.4 Å². The summed E-state index contributed by atoms with van der Waals surface area (Å²) >= 11 is 0. The smallest absolute Gasteiger partial charge is 0.359 e. The number of nitrogens with one attached hydrogen (secondary N) is 1. The Hall–Kier alpha value is -2.86. The molecule has 2 aromatic rings. The molecule has 1 heterocycles. The molecule has 0 bridgehead atoms. The van der Waals surface area contributed by atoms with Crippen molar-refractivity contribution in [2.75, 3.05) is 0 Å². The third kappa shape index (κ3) is 3.97. The number of ether oxygens (including phenoxy) is 1. The topological polar surface area (TPSA) is 122 Å². The summed E-state index contributed by atoms with van der Waals surface area (Å²) in [7, 11) is -3.45. The molecule has 130 valence electrons. The number of hydrogen-bond acceptors (Lipinski definition) is 6. The molecule has 1 aliphatic carbocycles. The molecule has 0 radical (unpaired) electrons. The summed E-state index contributed by atoms with van der Waals surface area (Å²) < 4.78 is 29.7. The van der Waals surface area contributed by atoms with Crippen molar-refractivity contribution in [3.8, 4) is 22.8 Å². The van der Waals surface area contributed by atoms with Crippen molar-refractivity contribution in [3.05, 3.63) is 35.5 Å². The van der Waals surface area contributed by atoms with Crippen LogP contribution in [0.2, 0.25) is 0 Å². The molecule has 1 aliphatic rings. The van der Waals surface area contributed by atoms with Gasteiger partial charge in [0.1, 0.15) is 5.75 Å². The summed E-state index contributed by atoms with van der Waals surface area (Å²) in [4.78, 5) is 11.0. The SMILES string of the molecule is O=C(O)c1[nH]nnc1Oc1cccc(C#CS(=O)(=O)C2CCCC2)c1. The molecule has 0 amide bonds. The van der Waals surface area contributed by atoms with Gasteiger partial charge in [-0.15, -0.1) is 0 Å². The maximum Gasteiger partial charge on any atom is 0.359 e. The van der Waals surface area contributed by atoms with Gasteiger partial charge in [-0.25, -0.2) is 18.3 Å². The number of nitrogens with zero attached hydrogens (tertiary/aromatic N) is 2. The number of carbonyl (C=O) groups is 1. The Bertz CT molecular complexity index is 949. The molecule has 1 aromatic carbocycles. The van der Waals surface area contributed by atoms with Crippen LogP contribution in [-0.4, -0.2) is 40.2 Å². The summed E-state index contributed by atoms with van der Waals surface area (Å²) in [6.45, 7) is 0. The minimum Gasteiger partial charge on any atom is -0.476 e. The molecule has 1 saturated carbocycles. The standard InChI is InChI=1S/C16H15N3O5S/c20-16(21)14-15(18-19-17-14)24-12-5-3-4-11(10-12)8-9-25(22,23)13-6-1-2-7-13/h3-5,10,13H,1-2,6-7H2,(H,20,21)(H,17,18,19). The van der Waals surface area contributed by atoms with Crippen LogP contribution in [0.1, 0.15) is 41.7 Å².